The second-order valence-electron chi connectivity index (χ2n) is 4.39. The molecule has 0 saturated carbocycles. The van der Waals surface area contributed by atoms with Crippen LogP contribution in [0.1, 0.15) is 38.4 Å². The molecule has 0 aliphatic heterocycles. The Kier molecular flexibility index (Phi) is 4.05. The van der Waals surface area contributed by atoms with Gasteiger partial charge in [-0.2, -0.15) is 0 Å². The summed E-state index contributed by atoms with van der Waals surface area (Å²) < 4.78 is 2.20. The van der Waals surface area contributed by atoms with E-state index in [0.29, 0.717) is 0 Å². The van der Waals surface area contributed by atoms with Crippen LogP contribution in [0.5, 0.6) is 0 Å². The molecule has 1 heterocycles. The van der Waals surface area contributed by atoms with Crippen LogP contribution < -0.4 is 0 Å². The number of rotatable bonds is 3. The molecule has 2 rings (SSSR count). The standard InChI is InChI=1S/C13H19ClN2/c1-2-16-8-7-15-13(16)10-11-5-3-4-6-12(14)9-11/h7-9,12H,2-6,10H2,1H3. The molecular formula is C13H19ClN2. The molecule has 0 N–H and O–H groups in total. The largest absolute Gasteiger partial charge is 0.335 e. The van der Waals surface area contributed by atoms with Crippen molar-refractivity contribution < 1.29 is 0 Å². The highest BCUT2D eigenvalue weighted by Crippen LogP contribution is 2.23. The van der Waals surface area contributed by atoms with Crippen molar-refractivity contribution in [3.8, 4) is 0 Å². The number of nitrogens with zero attached hydrogens (tertiary/aromatic N) is 2. The summed E-state index contributed by atoms with van der Waals surface area (Å²) in [7, 11) is 0. The number of imidazole rings is 1. The number of aromatic nitrogens is 2. The van der Waals surface area contributed by atoms with Gasteiger partial charge < -0.3 is 4.57 Å². The van der Waals surface area contributed by atoms with E-state index in [2.05, 4.69) is 22.6 Å². The van der Waals surface area contributed by atoms with Crippen molar-refractivity contribution in [2.75, 3.05) is 0 Å². The second kappa shape index (κ2) is 5.53. The number of aryl methyl sites for hydroxylation is 1. The van der Waals surface area contributed by atoms with Crippen molar-refractivity contribution in [1.82, 2.24) is 9.55 Å². The van der Waals surface area contributed by atoms with Gasteiger partial charge in [0.25, 0.3) is 0 Å². The second-order valence-corrected chi connectivity index (χ2v) is 4.95. The highest BCUT2D eigenvalue weighted by Gasteiger charge is 2.11. The molecule has 0 spiro atoms. The minimum absolute atomic E-state index is 0.225. The van der Waals surface area contributed by atoms with E-state index >= 15 is 0 Å². The number of allylic oxidation sites excluding steroid dienone is 2. The van der Waals surface area contributed by atoms with Gasteiger partial charge in [0.15, 0.2) is 0 Å². The molecule has 88 valence electrons. The van der Waals surface area contributed by atoms with Crippen molar-refractivity contribution in [2.24, 2.45) is 0 Å². The van der Waals surface area contributed by atoms with Gasteiger partial charge in [0.2, 0.25) is 0 Å². The van der Waals surface area contributed by atoms with Crippen LogP contribution in [0, 0.1) is 0 Å². The molecule has 0 amide bonds. The number of hydrogen-bond donors (Lipinski definition) is 0. The van der Waals surface area contributed by atoms with Crippen LogP contribution in [-0.2, 0) is 13.0 Å². The molecule has 0 aromatic carbocycles. The predicted molar refractivity (Wildman–Crippen MR) is 67.8 cm³/mol. The van der Waals surface area contributed by atoms with Crippen LogP contribution in [-0.4, -0.2) is 14.9 Å². The van der Waals surface area contributed by atoms with E-state index in [1.165, 1.54) is 30.7 Å². The minimum atomic E-state index is 0.225. The molecule has 1 aliphatic rings. The van der Waals surface area contributed by atoms with Crippen LogP contribution in [0.4, 0.5) is 0 Å². The lowest BCUT2D eigenvalue weighted by Crippen LogP contribution is -2.03. The summed E-state index contributed by atoms with van der Waals surface area (Å²) in [5.41, 5.74) is 1.46. The van der Waals surface area contributed by atoms with Gasteiger partial charge in [-0.1, -0.05) is 18.1 Å². The van der Waals surface area contributed by atoms with Crippen molar-refractivity contribution in [3.63, 3.8) is 0 Å². The summed E-state index contributed by atoms with van der Waals surface area (Å²) in [6, 6.07) is 0. The average molecular weight is 239 g/mol. The lowest BCUT2D eigenvalue weighted by atomic mass is 10.1. The van der Waals surface area contributed by atoms with Crippen molar-refractivity contribution in [1.29, 1.82) is 0 Å². The number of hydrogen-bond acceptors (Lipinski definition) is 1. The number of halogens is 1. The molecule has 1 unspecified atom stereocenters. The molecule has 0 bridgehead atoms. The molecule has 2 nitrogen and oxygen atoms in total. The summed E-state index contributed by atoms with van der Waals surface area (Å²) >= 11 is 6.23. The van der Waals surface area contributed by atoms with E-state index in [4.69, 9.17) is 11.6 Å². The van der Waals surface area contributed by atoms with Gasteiger partial charge in [-0.3, -0.25) is 0 Å². The Balaban J connectivity index is 2.08. The molecule has 16 heavy (non-hydrogen) atoms. The quantitative estimate of drug-likeness (QED) is 0.582. The van der Waals surface area contributed by atoms with Gasteiger partial charge in [0.05, 0.1) is 5.38 Å². The highest BCUT2D eigenvalue weighted by atomic mass is 35.5. The van der Waals surface area contributed by atoms with Gasteiger partial charge in [0.1, 0.15) is 5.82 Å². The number of alkyl halides is 1. The van der Waals surface area contributed by atoms with E-state index < -0.39 is 0 Å². The first-order valence-corrected chi connectivity index (χ1v) is 6.57. The first kappa shape index (κ1) is 11.7. The molecule has 1 aliphatic carbocycles. The molecule has 0 radical (unpaired) electrons. The molecule has 0 fully saturated rings. The summed E-state index contributed by atoms with van der Waals surface area (Å²) in [4.78, 5) is 4.42. The molecule has 0 saturated heterocycles. The molecule has 1 atom stereocenters. The van der Waals surface area contributed by atoms with Crippen molar-refractivity contribution in [3.05, 3.63) is 29.9 Å². The minimum Gasteiger partial charge on any atom is -0.335 e. The van der Waals surface area contributed by atoms with E-state index in [1.54, 1.807) is 0 Å². The maximum Gasteiger partial charge on any atom is 0.112 e. The Morgan fingerprint density at radius 3 is 3.19 bits per heavy atom. The van der Waals surface area contributed by atoms with Gasteiger partial charge in [-0.15, -0.1) is 11.6 Å². The summed E-state index contributed by atoms with van der Waals surface area (Å²) in [5, 5.41) is 0.225. The Labute approximate surface area is 102 Å². The smallest absolute Gasteiger partial charge is 0.112 e. The summed E-state index contributed by atoms with van der Waals surface area (Å²) in [6.45, 7) is 3.14. The molecule has 1 aromatic rings. The van der Waals surface area contributed by atoms with E-state index in [1.807, 2.05) is 12.4 Å². The Morgan fingerprint density at radius 2 is 2.38 bits per heavy atom. The van der Waals surface area contributed by atoms with Crippen molar-refractivity contribution >= 4 is 11.6 Å². The fraction of sp³-hybridized carbons (Fsp3) is 0.615. The van der Waals surface area contributed by atoms with Gasteiger partial charge in [0, 0.05) is 25.4 Å². The molecule has 1 aromatic heterocycles. The van der Waals surface area contributed by atoms with Gasteiger partial charge in [-0.25, -0.2) is 4.98 Å². The lowest BCUT2D eigenvalue weighted by Gasteiger charge is -2.07. The summed E-state index contributed by atoms with van der Waals surface area (Å²) in [6.07, 6.45) is 11.9. The normalized spacial score (nSPS) is 21.6. The third-order valence-corrected chi connectivity index (χ3v) is 3.52. The first-order valence-electron chi connectivity index (χ1n) is 6.13. The SMILES string of the molecule is CCn1ccnc1CC1=CC(Cl)CCCC1. The summed E-state index contributed by atoms with van der Waals surface area (Å²) in [5.74, 6) is 1.17. The monoisotopic (exact) mass is 238 g/mol. The topological polar surface area (TPSA) is 17.8 Å². The third-order valence-electron chi connectivity index (χ3n) is 3.17. The van der Waals surface area contributed by atoms with E-state index in [-0.39, 0.29) is 5.38 Å². The lowest BCUT2D eigenvalue weighted by molar-refractivity contribution is 0.685. The van der Waals surface area contributed by atoms with Crippen LogP contribution in [0.15, 0.2) is 24.0 Å². The fourth-order valence-corrected chi connectivity index (χ4v) is 2.59. The average Bonchev–Trinajstić information content (AvgIpc) is 2.61. The van der Waals surface area contributed by atoms with Gasteiger partial charge >= 0.3 is 0 Å². The van der Waals surface area contributed by atoms with E-state index in [9.17, 15) is 0 Å². The van der Waals surface area contributed by atoms with Crippen LogP contribution >= 0.6 is 11.6 Å². The van der Waals surface area contributed by atoms with Gasteiger partial charge in [-0.05, 0) is 26.2 Å². The maximum absolute atomic E-state index is 6.23. The molecular weight excluding hydrogens is 220 g/mol. The van der Waals surface area contributed by atoms with Crippen LogP contribution in [0.2, 0.25) is 0 Å². The van der Waals surface area contributed by atoms with E-state index in [0.717, 1.165) is 19.4 Å². The third kappa shape index (κ3) is 2.88. The zero-order valence-corrected chi connectivity index (χ0v) is 10.6. The Bertz CT molecular complexity index is 368. The maximum atomic E-state index is 6.23. The van der Waals surface area contributed by atoms with Crippen molar-refractivity contribution in [2.45, 2.75) is 50.9 Å². The highest BCUT2D eigenvalue weighted by molar-refractivity contribution is 6.21. The van der Waals surface area contributed by atoms with Crippen LogP contribution in [0.3, 0.4) is 0 Å². The zero-order valence-electron chi connectivity index (χ0n) is 9.82. The molecule has 3 heteroatoms. The zero-order chi connectivity index (χ0) is 11.4. The Morgan fingerprint density at radius 1 is 1.50 bits per heavy atom. The fourth-order valence-electron chi connectivity index (χ4n) is 2.26. The Hall–Kier alpha value is -0.760. The first-order chi connectivity index (χ1) is 7.79. The van der Waals surface area contributed by atoms with Crippen LogP contribution in [0.25, 0.3) is 0 Å². The predicted octanol–water partition coefficient (Wildman–Crippen LogP) is 3.55.